The van der Waals surface area contributed by atoms with Crippen LogP contribution in [0, 0.1) is 6.92 Å². The predicted molar refractivity (Wildman–Crippen MR) is 87.3 cm³/mol. The van der Waals surface area contributed by atoms with Crippen LogP contribution in [-0.4, -0.2) is 40.8 Å². The van der Waals surface area contributed by atoms with Crippen molar-refractivity contribution in [3.8, 4) is 10.8 Å². The Hall–Kier alpha value is -2.15. The lowest BCUT2D eigenvalue weighted by Crippen LogP contribution is -2.46. The second-order valence-corrected chi connectivity index (χ2v) is 6.86. The van der Waals surface area contributed by atoms with E-state index in [1.54, 1.807) is 19.3 Å². The van der Waals surface area contributed by atoms with E-state index in [1.807, 2.05) is 17.9 Å². The normalized spacial score (nSPS) is 15.7. The molecule has 1 aliphatic rings. The smallest absolute Gasteiger partial charge is 0.271 e. The highest BCUT2D eigenvalue weighted by Crippen LogP contribution is 2.28. The first-order valence-corrected chi connectivity index (χ1v) is 8.44. The Balaban J connectivity index is 1.64. The summed E-state index contributed by atoms with van der Waals surface area (Å²) in [5, 5.41) is 3.74. The lowest BCUT2D eigenvalue weighted by molar-refractivity contribution is -0.129. The molecular formula is C16H19N3O3S. The van der Waals surface area contributed by atoms with Gasteiger partial charge in [0.25, 0.3) is 5.91 Å². The SMILES string of the molecule is CC(=O)N1CCC(NC(=O)c2nc(-c3ccco3)sc2C)CC1. The standard InChI is InChI=1S/C16H19N3O3S/c1-10-14(18-16(23-10)13-4-3-9-22-13)15(21)17-12-5-7-19(8-6-12)11(2)20/h3-4,9,12H,5-8H2,1-2H3,(H,17,21). The fraction of sp³-hybridized carbons (Fsp3) is 0.438. The highest BCUT2D eigenvalue weighted by molar-refractivity contribution is 7.15. The van der Waals surface area contributed by atoms with Crippen molar-refractivity contribution in [3.63, 3.8) is 0 Å². The molecule has 0 spiro atoms. The Morgan fingerprint density at radius 2 is 2.13 bits per heavy atom. The third-order valence-corrected chi connectivity index (χ3v) is 5.00. The molecule has 1 fully saturated rings. The molecule has 7 heteroatoms. The number of furan rings is 1. The maximum Gasteiger partial charge on any atom is 0.271 e. The molecule has 0 saturated carbocycles. The first-order chi connectivity index (χ1) is 11.0. The van der Waals surface area contributed by atoms with Crippen molar-refractivity contribution in [2.75, 3.05) is 13.1 Å². The van der Waals surface area contributed by atoms with E-state index in [-0.39, 0.29) is 17.9 Å². The highest BCUT2D eigenvalue weighted by atomic mass is 32.1. The van der Waals surface area contributed by atoms with Crippen molar-refractivity contribution in [1.29, 1.82) is 0 Å². The molecule has 122 valence electrons. The van der Waals surface area contributed by atoms with Crippen molar-refractivity contribution in [1.82, 2.24) is 15.2 Å². The van der Waals surface area contributed by atoms with Gasteiger partial charge in [-0.05, 0) is 31.9 Å². The van der Waals surface area contributed by atoms with E-state index in [0.717, 1.165) is 17.7 Å². The highest BCUT2D eigenvalue weighted by Gasteiger charge is 2.24. The van der Waals surface area contributed by atoms with Gasteiger partial charge in [0, 0.05) is 30.9 Å². The summed E-state index contributed by atoms with van der Waals surface area (Å²) in [5.74, 6) is 0.609. The van der Waals surface area contributed by atoms with E-state index in [0.29, 0.717) is 29.6 Å². The average Bonchev–Trinajstić information content (AvgIpc) is 3.16. The number of rotatable bonds is 3. The van der Waals surface area contributed by atoms with Crippen molar-refractivity contribution in [2.24, 2.45) is 0 Å². The maximum absolute atomic E-state index is 12.5. The Kier molecular flexibility index (Phi) is 4.47. The monoisotopic (exact) mass is 333 g/mol. The Morgan fingerprint density at radius 1 is 1.39 bits per heavy atom. The minimum Gasteiger partial charge on any atom is -0.462 e. The van der Waals surface area contributed by atoms with Crippen LogP contribution in [0.15, 0.2) is 22.8 Å². The minimum absolute atomic E-state index is 0.0891. The molecule has 1 aliphatic heterocycles. The molecule has 2 aromatic heterocycles. The number of hydrogen-bond acceptors (Lipinski definition) is 5. The maximum atomic E-state index is 12.5. The van der Waals surface area contributed by atoms with Crippen molar-refractivity contribution in [2.45, 2.75) is 32.7 Å². The molecule has 0 radical (unpaired) electrons. The van der Waals surface area contributed by atoms with E-state index < -0.39 is 0 Å². The summed E-state index contributed by atoms with van der Waals surface area (Å²) in [4.78, 5) is 30.9. The van der Waals surface area contributed by atoms with E-state index in [9.17, 15) is 9.59 Å². The lowest BCUT2D eigenvalue weighted by Gasteiger charge is -2.31. The number of nitrogens with one attached hydrogen (secondary N) is 1. The number of hydrogen-bond donors (Lipinski definition) is 1. The number of piperidine rings is 1. The number of thiazole rings is 1. The summed E-state index contributed by atoms with van der Waals surface area (Å²) >= 11 is 1.45. The number of likely N-dealkylation sites (tertiary alicyclic amines) is 1. The van der Waals surface area contributed by atoms with Gasteiger partial charge in [-0.3, -0.25) is 9.59 Å². The molecule has 0 unspecified atom stereocenters. The Morgan fingerprint density at radius 3 is 2.74 bits per heavy atom. The first kappa shape index (κ1) is 15.7. The molecule has 0 aromatic carbocycles. The van der Waals surface area contributed by atoms with Crippen molar-refractivity contribution < 1.29 is 14.0 Å². The second kappa shape index (κ2) is 6.54. The van der Waals surface area contributed by atoms with E-state index in [2.05, 4.69) is 10.3 Å². The van der Waals surface area contributed by atoms with Crippen LogP contribution in [-0.2, 0) is 4.79 Å². The van der Waals surface area contributed by atoms with E-state index in [1.165, 1.54) is 11.3 Å². The number of carbonyl (C=O) groups is 2. The summed E-state index contributed by atoms with van der Waals surface area (Å²) in [6.45, 7) is 4.84. The van der Waals surface area contributed by atoms with Crippen LogP contribution >= 0.6 is 11.3 Å². The van der Waals surface area contributed by atoms with Crippen molar-refractivity contribution in [3.05, 3.63) is 29.0 Å². The number of amides is 2. The van der Waals surface area contributed by atoms with Gasteiger partial charge in [0.15, 0.2) is 10.8 Å². The van der Waals surface area contributed by atoms with Crippen LogP contribution in [0.4, 0.5) is 0 Å². The van der Waals surface area contributed by atoms with Crippen LogP contribution in [0.3, 0.4) is 0 Å². The predicted octanol–water partition coefficient (Wildman–Crippen LogP) is 2.45. The van der Waals surface area contributed by atoms with Crippen LogP contribution in [0.25, 0.3) is 10.8 Å². The zero-order chi connectivity index (χ0) is 16.4. The summed E-state index contributed by atoms with van der Waals surface area (Å²) in [7, 11) is 0. The van der Waals surface area contributed by atoms with Crippen molar-refractivity contribution >= 4 is 23.2 Å². The molecule has 2 amide bonds. The molecule has 0 aliphatic carbocycles. The van der Waals surface area contributed by atoms with Gasteiger partial charge in [-0.15, -0.1) is 11.3 Å². The zero-order valence-electron chi connectivity index (χ0n) is 13.2. The van der Waals surface area contributed by atoms with Crippen LogP contribution in [0.5, 0.6) is 0 Å². The Labute approximate surface area is 138 Å². The van der Waals surface area contributed by atoms with E-state index >= 15 is 0 Å². The summed E-state index contributed by atoms with van der Waals surface area (Å²) < 4.78 is 5.33. The number of nitrogens with zero attached hydrogens (tertiary/aromatic N) is 2. The Bertz CT molecular complexity index is 700. The largest absolute Gasteiger partial charge is 0.462 e. The fourth-order valence-electron chi connectivity index (χ4n) is 2.71. The number of aryl methyl sites for hydroxylation is 1. The summed E-state index contributed by atoms with van der Waals surface area (Å²) in [5.41, 5.74) is 0.454. The minimum atomic E-state index is -0.155. The quantitative estimate of drug-likeness (QED) is 0.936. The zero-order valence-corrected chi connectivity index (χ0v) is 14.0. The van der Waals surface area contributed by atoms with Gasteiger partial charge in [0.05, 0.1) is 6.26 Å². The van der Waals surface area contributed by atoms with Crippen LogP contribution in [0.1, 0.15) is 35.1 Å². The molecule has 1 saturated heterocycles. The number of aromatic nitrogens is 1. The summed E-state index contributed by atoms with van der Waals surface area (Å²) in [6, 6.07) is 3.72. The van der Waals surface area contributed by atoms with Crippen LogP contribution in [0.2, 0.25) is 0 Å². The number of carbonyl (C=O) groups excluding carboxylic acids is 2. The molecule has 1 N–H and O–H groups in total. The molecule has 0 atom stereocenters. The second-order valence-electron chi connectivity index (χ2n) is 5.65. The third kappa shape index (κ3) is 3.44. The van der Waals surface area contributed by atoms with Crippen LogP contribution < -0.4 is 5.32 Å². The van der Waals surface area contributed by atoms with Gasteiger partial charge < -0.3 is 14.6 Å². The molecule has 3 heterocycles. The van der Waals surface area contributed by atoms with Gasteiger partial charge in [-0.25, -0.2) is 4.98 Å². The summed E-state index contributed by atoms with van der Waals surface area (Å²) in [6.07, 6.45) is 3.15. The molecule has 23 heavy (non-hydrogen) atoms. The molecule has 3 rings (SSSR count). The van der Waals surface area contributed by atoms with E-state index in [4.69, 9.17) is 4.42 Å². The molecule has 0 bridgehead atoms. The molecule has 6 nitrogen and oxygen atoms in total. The third-order valence-electron chi connectivity index (χ3n) is 4.02. The van der Waals surface area contributed by atoms with Gasteiger partial charge in [-0.2, -0.15) is 0 Å². The fourth-order valence-corrected chi connectivity index (χ4v) is 3.58. The average molecular weight is 333 g/mol. The van der Waals surface area contributed by atoms with Gasteiger partial charge in [0.2, 0.25) is 5.91 Å². The topological polar surface area (TPSA) is 75.4 Å². The molecular weight excluding hydrogens is 314 g/mol. The van der Waals surface area contributed by atoms with Gasteiger partial charge >= 0.3 is 0 Å². The van der Waals surface area contributed by atoms with Gasteiger partial charge in [-0.1, -0.05) is 0 Å². The van der Waals surface area contributed by atoms with Gasteiger partial charge in [0.1, 0.15) is 5.69 Å². The lowest BCUT2D eigenvalue weighted by atomic mass is 10.0. The molecule has 2 aromatic rings. The first-order valence-electron chi connectivity index (χ1n) is 7.62.